The quantitative estimate of drug-likeness (QED) is 0.155. The molecule has 0 aromatic heterocycles. The molecule has 3 heterocycles. The Labute approximate surface area is 229 Å². The third kappa shape index (κ3) is 7.35. The second-order valence-electron chi connectivity index (χ2n) is 12.2. The van der Waals surface area contributed by atoms with Crippen LogP contribution in [0.25, 0.3) is 5.57 Å². The lowest BCUT2D eigenvalue weighted by molar-refractivity contribution is -0.134. The molecular formula is C32H49NO3S. The van der Waals surface area contributed by atoms with E-state index in [9.17, 15) is 4.79 Å². The van der Waals surface area contributed by atoms with Crippen LogP contribution in [0.4, 0.5) is 0 Å². The first-order chi connectivity index (χ1) is 17.8. The molecule has 0 amide bonds. The van der Waals surface area contributed by atoms with E-state index in [1.54, 1.807) is 0 Å². The number of aryl methyl sites for hydroxylation is 1. The van der Waals surface area contributed by atoms with Gasteiger partial charge >= 0.3 is 5.97 Å². The molecule has 1 aromatic carbocycles. The Morgan fingerprint density at radius 3 is 2.70 bits per heavy atom. The molecule has 4 nitrogen and oxygen atoms in total. The van der Waals surface area contributed by atoms with Gasteiger partial charge in [0.15, 0.2) is 0 Å². The van der Waals surface area contributed by atoms with Crippen LogP contribution in [0.3, 0.4) is 0 Å². The highest BCUT2D eigenvalue weighted by molar-refractivity contribution is 8.03. The van der Waals surface area contributed by atoms with Crippen LogP contribution >= 0.6 is 11.8 Å². The highest BCUT2D eigenvalue weighted by Crippen LogP contribution is 2.56. The molecule has 206 valence electrons. The van der Waals surface area contributed by atoms with Crippen LogP contribution < -0.4 is 9.47 Å². The van der Waals surface area contributed by atoms with Crippen molar-refractivity contribution in [1.29, 1.82) is 0 Å². The number of hydrogen-bond acceptors (Lipinski definition) is 5. The number of carbonyl (C=O) groups excluding carboxylic acids is 1. The van der Waals surface area contributed by atoms with Crippen molar-refractivity contribution in [3.8, 4) is 11.5 Å². The second kappa shape index (κ2) is 13.1. The number of rotatable bonds is 12. The van der Waals surface area contributed by atoms with E-state index in [0.29, 0.717) is 24.0 Å². The van der Waals surface area contributed by atoms with Crippen molar-refractivity contribution < 1.29 is 14.3 Å². The Kier molecular flexibility index (Phi) is 10.1. The Bertz CT molecular complexity index is 963. The summed E-state index contributed by atoms with van der Waals surface area (Å²) < 4.78 is 12.8. The first-order valence-electron chi connectivity index (χ1n) is 14.9. The summed E-state index contributed by atoms with van der Waals surface area (Å²) in [5.74, 6) is 3.66. The number of likely N-dealkylation sites (tertiary alicyclic amines) is 1. The van der Waals surface area contributed by atoms with Crippen LogP contribution in [0.5, 0.6) is 11.5 Å². The van der Waals surface area contributed by atoms with E-state index in [0.717, 1.165) is 42.9 Å². The summed E-state index contributed by atoms with van der Waals surface area (Å²) in [6, 6.07) is 4.37. The fraction of sp³-hybridized carbons (Fsp3) is 0.719. The molecule has 1 aromatic rings. The number of benzene rings is 1. The molecule has 2 unspecified atom stereocenters. The summed E-state index contributed by atoms with van der Waals surface area (Å²) in [6.07, 6.45) is 12.5. The van der Waals surface area contributed by atoms with Crippen molar-refractivity contribution >= 4 is 23.3 Å². The number of carbonyl (C=O) groups is 1. The number of nitrogens with zero attached hydrogens (tertiary/aromatic N) is 1. The molecule has 2 atom stereocenters. The van der Waals surface area contributed by atoms with Gasteiger partial charge in [-0.05, 0) is 101 Å². The SMILES string of the molecule is CCCCCC(C)CCc1cc(OC(=O)CCCN2CCCCC2)c2c(c1)OC(C)(C)C1=C2C(C)CS1. The van der Waals surface area contributed by atoms with Gasteiger partial charge < -0.3 is 14.4 Å². The van der Waals surface area contributed by atoms with E-state index in [4.69, 9.17) is 9.47 Å². The van der Waals surface area contributed by atoms with E-state index < -0.39 is 0 Å². The Morgan fingerprint density at radius 2 is 1.95 bits per heavy atom. The minimum Gasteiger partial charge on any atom is -0.482 e. The summed E-state index contributed by atoms with van der Waals surface area (Å²) in [6.45, 7) is 14.6. The molecular weight excluding hydrogens is 478 g/mol. The van der Waals surface area contributed by atoms with E-state index in [1.807, 2.05) is 11.8 Å². The van der Waals surface area contributed by atoms with Gasteiger partial charge in [-0.1, -0.05) is 52.9 Å². The monoisotopic (exact) mass is 527 g/mol. The molecule has 3 aliphatic rings. The number of hydrogen-bond donors (Lipinski definition) is 0. The molecule has 0 saturated carbocycles. The summed E-state index contributed by atoms with van der Waals surface area (Å²) in [5, 5.41) is 0. The number of piperidine rings is 1. The largest absolute Gasteiger partial charge is 0.482 e. The minimum atomic E-state index is -0.348. The fourth-order valence-corrected chi connectivity index (χ4v) is 7.52. The first kappa shape index (κ1) is 28.5. The standard InChI is InChI=1S/C32H49NO3S/c1-6-7-9-13-23(2)15-16-25-20-26(35-28(34)14-12-19-33-17-10-8-11-18-33)30-27(21-25)36-32(4,5)31-29(30)24(3)22-37-31/h20-21,23-24H,6-19,22H2,1-5H3. The molecule has 5 heteroatoms. The lowest BCUT2D eigenvalue weighted by atomic mass is 9.86. The molecule has 1 saturated heterocycles. The molecule has 4 rings (SSSR count). The van der Waals surface area contributed by atoms with Gasteiger partial charge in [0.2, 0.25) is 0 Å². The van der Waals surface area contributed by atoms with Crippen molar-refractivity contribution in [2.45, 2.75) is 111 Å². The van der Waals surface area contributed by atoms with Crippen LogP contribution in [0.1, 0.15) is 110 Å². The Morgan fingerprint density at radius 1 is 1.16 bits per heavy atom. The van der Waals surface area contributed by atoms with Crippen LogP contribution in [-0.4, -0.2) is 41.9 Å². The van der Waals surface area contributed by atoms with Gasteiger partial charge in [0, 0.05) is 17.1 Å². The van der Waals surface area contributed by atoms with E-state index in [-0.39, 0.29) is 11.6 Å². The third-order valence-corrected chi connectivity index (χ3v) is 9.94. The number of esters is 1. The molecule has 0 N–H and O–H groups in total. The van der Waals surface area contributed by atoms with Gasteiger partial charge in [0.05, 0.1) is 5.56 Å². The number of allylic oxidation sites excluding steroid dienone is 1. The van der Waals surface area contributed by atoms with Gasteiger partial charge in [0.25, 0.3) is 0 Å². The number of fused-ring (bicyclic) bond motifs is 2. The molecule has 3 aliphatic heterocycles. The zero-order chi connectivity index (χ0) is 26.4. The maximum absolute atomic E-state index is 13.1. The third-order valence-electron chi connectivity index (χ3n) is 8.28. The highest BCUT2D eigenvalue weighted by atomic mass is 32.2. The predicted molar refractivity (Wildman–Crippen MR) is 156 cm³/mol. The molecule has 0 radical (unpaired) electrons. The topological polar surface area (TPSA) is 38.8 Å². The number of thioether (sulfide) groups is 1. The minimum absolute atomic E-state index is 0.116. The molecule has 37 heavy (non-hydrogen) atoms. The lowest BCUT2D eigenvalue weighted by Gasteiger charge is -2.35. The maximum atomic E-state index is 13.1. The van der Waals surface area contributed by atoms with Crippen LogP contribution in [-0.2, 0) is 11.2 Å². The summed E-state index contributed by atoms with van der Waals surface area (Å²) >= 11 is 1.90. The number of unbranched alkanes of at least 4 members (excludes halogenated alkanes) is 2. The van der Waals surface area contributed by atoms with Gasteiger partial charge in [-0.15, -0.1) is 11.8 Å². The van der Waals surface area contributed by atoms with Crippen molar-refractivity contribution in [1.82, 2.24) is 4.90 Å². The van der Waals surface area contributed by atoms with Gasteiger partial charge in [0.1, 0.15) is 17.1 Å². The summed E-state index contributed by atoms with van der Waals surface area (Å²) in [7, 11) is 0. The van der Waals surface area contributed by atoms with Crippen molar-refractivity contribution in [3.63, 3.8) is 0 Å². The Balaban J connectivity index is 1.51. The zero-order valence-electron chi connectivity index (χ0n) is 24.0. The normalized spacial score (nSPS) is 21.8. The zero-order valence-corrected chi connectivity index (χ0v) is 24.8. The molecule has 0 aliphatic carbocycles. The lowest BCUT2D eigenvalue weighted by Crippen LogP contribution is -2.33. The second-order valence-corrected chi connectivity index (χ2v) is 13.2. The van der Waals surface area contributed by atoms with Crippen LogP contribution in [0.15, 0.2) is 17.0 Å². The highest BCUT2D eigenvalue weighted by Gasteiger charge is 2.42. The average Bonchev–Trinajstić information content (AvgIpc) is 3.25. The molecule has 0 spiro atoms. The smallest absolute Gasteiger partial charge is 0.311 e. The van der Waals surface area contributed by atoms with Gasteiger partial charge in [-0.25, -0.2) is 0 Å². The van der Waals surface area contributed by atoms with Gasteiger partial charge in [-0.2, -0.15) is 0 Å². The predicted octanol–water partition coefficient (Wildman–Crippen LogP) is 8.27. The number of ether oxygens (including phenoxy) is 2. The van der Waals surface area contributed by atoms with Crippen LogP contribution in [0, 0.1) is 11.8 Å². The van der Waals surface area contributed by atoms with E-state index in [2.05, 4.69) is 51.7 Å². The van der Waals surface area contributed by atoms with E-state index in [1.165, 1.54) is 74.1 Å². The summed E-state index contributed by atoms with van der Waals surface area (Å²) in [4.78, 5) is 16.9. The summed E-state index contributed by atoms with van der Waals surface area (Å²) in [5.41, 5.74) is 3.22. The van der Waals surface area contributed by atoms with Crippen molar-refractivity contribution in [2.75, 3.05) is 25.4 Å². The first-order valence-corrected chi connectivity index (χ1v) is 15.9. The van der Waals surface area contributed by atoms with Gasteiger partial charge in [-0.3, -0.25) is 4.79 Å². The molecule has 1 fully saturated rings. The van der Waals surface area contributed by atoms with Crippen molar-refractivity contribution in [2.24, 2.45) is 11.8 Å². The van der Waals surface area contributed by atoms with Crippen LogP contribution in [0.2, 0.25) is 0 Å². The van der Waals surface area contributed by atoms with Crippen molar-refractivity contribution in [3.05, 3.63) is 28.2 Å². The molecule has 0 bridgehead atoms. The Hall–Kier alpha value is -1.46. The van der Waals surface area contributed by atoms with E-state index >= 15 is 0 Å². The maximum Gasteiger partial charge on any atom is 0.311 e. The average molecular weight is 528 g/mol. The fourth-order valence-electron chi connectivity index (χ4n) is 6.09.